The van der Waals surface area contributed by atoms with Crippen molar-refractivity contribution in [3.8, 4) is 5.75 Å². The number of rotatable bonds is 7. The van der Waals surface area contributed by atoms with Gasteiger partial charge < -0.3 is 10.0 Å². The molecule has 0 amide bonds. The number of nitro groups is 2. The number of anilines is 1. The second kappa shape index (κ2) is 7.11. The van der Waals surface area contributed by atoms with E-state index in [4.69, 9.17) is 23.2 Å². The van der Waals surface area contributed by atoms with E-state index in [-0.39, 0.29) is 30.5 Å². The Bertz CT molecular complexity index is 520. The maximum Gasteiger partial charge on any atom is 0.319 e. The molecule has 8 nitrogen and oxygen atoms in total. The van der Waals surface area contributed by atoms with E-state index in [2.05, 4.69) is 0 Å². The molecule has 0 bridgehead atoms. The van der Waals surface area contributed by atoms with Crippen molar-refractivity contribution in [3.63, 3.8) is 0 Å². The van der Waals surface area contributed by atoms with Crippen LogP contribution in [0.3, 0.4) is 0 Å². The Morgan fingerprint density at radius 3 is 2.05 bits per heavy atom. The zero-order valence-corrected chi connectivity index (χ0v) is 11.7. The lowest BCUT2D eigenvalue weighted by Crippen LogP contribution is -2.27. The number of alkyl halides is 2. The Balaban J connectivity index is 3.41. The van der Waals surface area contributed by atoms with Crippen LogP contribution >= 0.6 is 23.2 Å². The molecule has 0 heterocycles. The van der Waals surface area contributed by atoms with Gasteiger partial charge in [0.2, 0.25) is 5.75 Å². The minimum atomic E-state index is -0.884. The molecule has 0 unspecified atom stereocenters. The molecule has 10 heteroatoms. The number of phenols is 1. The molecule has 0 aliphatic carbocycles. The minimum Gasteiger partial charge on any atom is -0.501 e. The molecule has 0 atom stereocenters. The van der Waals surface area contributed by atoms with Gasteiger partial charge in [-0.25, -0.2) is 0 Å². The number of benzene rings is 1. The molecule has 0 fully saturated rings. The molecule has 0 spiro atoms. The molecule has 0 saturated heterocycles. The molecule has 0 saturated carbocycles. The molecular formula is C10H11Cl2N3O5. The predicted octanol–water partition coefficient (Wildman–Crippen LogP) is 2.49. The van der Waals surface area contributed by atoms with Crippen LogP contribution in [0.4, 0.5) is 17.1 Å². The van der Waals surface area contributed by atoms with E-state index < -0.39 is 27.0 Å². The summed E-state index contributed by atoms with van der Waals surface area (Å²) in [6, 6.07) is 1.76. The third-order valence-electron chi connectivity index (χ3n) is 2.51. The largest absolute Gasteiger partial charge is 0.501 e. The van der Waals surface area contributed by atoms with E-state index in [1.54, 1.807) is 0 Å². The van der Waals surface area contributed by atoms with Crippen molar-refractivity contribution in [2.24, 2.45) is 0 Å². The fraction of sp³-hybridized carbons (Fsp3) is 0.400. The average molecular weight is 324 g/mol. The Labute approximate surface area is 123 Å². The van der Waals surface area contributed by atoms with Gasteiger partial charge in [-0.2, -0.15) is 0 Å². The second-order valence-electron chi connectivity index (χ2n) is 3.71. The van der Waals surface area contributed by atoms with Crippen molar-refractivity contribution in [1.29, 1.82) is 0 Å². The van der Waals surface area contributed by atoms with E-state index in [1.807, 2.05) is 0 Å². The minimum absolute atomic E-state index is 0.0350. The predicted molar refractivity (Wildman–Crippen MR) is 75.1 cm³/mol. The van der Waals surface area contributed by atoms with Gasteiger partial charge in [-0.1, -0.05) is 0 Å². The van der Waals surface area contributed by atoms with Crippen LogP contribution in [0.2, 0.25) is 0 Å². The zero-order chi connectivity index (χ0) is 15.3. The number of halogens is 2. The Hall–Kier alpha value is -1.80. The van der Waals surface area contributed by atoms with E-state index >= 15 is 0 Å². The van der Waals surface area contributed by atoms with Crippen molar-refractivity contribution in [2.75, 3.05) is 29.7 Å². The summed E-state index contributed by atoms with van der Waals surface area (Å²) in [6.07, 6.45) is 0. The molecule has 1 aromatic carbocycles. The first-order valence-corrected chi connectivity index (χ1v) is 6.52. The van der Waals surface area contributed by atoms with Crippen LogP contribution in [-0.2, 0) is 0 Å². The Kier molecular flexibility index (Phi) is 5.78. The Morgan fingerprint density at radius 2 is 1.65 bits per heavy atom. The van der Waals surface area contributed by atoms with Gasteiger partial charge in [0.25, 0.3) is 5.69 Å². The molecule has 0 aromatic heterocycles. The monoisotopic (exact) mass is 323 g/mol. The number of aromatic hydroxyl groups is 1. The lowest BCUT2D eigenvalue weighted by Gasteiger charge is -2.23. The van der Waals surface area contributed by atoms with Crippen LogP contribution < -0.4 is 4.90 Å². The van der Waals surface area contributed by atoms with Gasteiger partial charge in [0.05, 0.1) is 21.6 Å². The highest BCUT2D eigenvalue weighted by Gasteiger charge is 2.26. The smallest absolute Gasteiger partial charge is 0.319 e. The molecular weight excluding hydrogens is 313 g/mol. The van der Waals surface area contributed by atoms with Gasteiger partial charge in [-0.3, -0.25) is 20.2 Å². The number of hydrogen-bond donors (Lipinski definition) is 1. The van der Waals surface area contributed by atoms with Gasteiger partial charge in [-0.05, 0) is 0 Å². The lowest BCUT2D eigenvalue weighted by atomic mass is 10.2. The molecule has 1 N–H and O–H groups in total. The topological polar surface area (TPSA) is 110 Å². The van der Waals surface area contributed by atoms with Gasteiger partial charge in [-0.15, -0.1) is 23.2 Å². The fourth-order valence-corrected chi connectivity index (χ4v) is 2.04. The van der Waals surface area contributed by atoms with Crippen molar-refractivity contribution in [3.05, 3.63) is 32.4 Å². The van der Waals surface area contributed by atoms with Gasteiger partial charge in [0.15, 0.2) is 0 Å². The first-order valence-electron chi connectivity index (χ1n) is 5.45. The van der Waals surface area contributed by atoms with Crippen LogP contribution in [-0.4, -0.2) is 39.8 Å². The van der Waals surface area contributed by atoms with E-state index in [0.29, 0.717) is 6.07 Å². The van der Waals surface area contributed by atoms with Crippen LogP contribution in [0.25, 0.3) is 0 Å². The van der Waals surface area contributed by atoms with Crippen molar-refractivity contribution in [1.82, 2.24) is 0 Å². The number of hydrogen-bond acceptors (Lipinski definition) is 6. The number of non-ortho nitro benzene ring substituents is 1. The zero-order valence-electron chi connectivity index (χ0n) is 10.2. The second-order valence-corrected chi connectivity index (χ2v) is 4.47. The van der Waals surface area contributed by atoms with Crippen molar-refractivity contribution < 1.29 is 15.0 Å². The number of nitro benzene ring substituents is 2. The summed E-state index contributed by atoms with van der Waals surface area (Å²) in [5.74, 6) is -0.296. The fourth-order valence-electron chi connectivity index (χ4n) is 1.63. The van der Waals surface area contributed by atoms with E-state index in [1.165, 1.54) is 4.90 Å². The Morgan fingerprint density at radius 1 is 1.10 bits per heavy atom. The van der Waals surface area contributed by atoms with Crippen LogP contribution in [0, 0.1) is 20.2 Å². The van der Waals surface area contributed by atoms with Crippen molar-refractivity contribution in [2.45, 2.75) is 0 Å². The summed E-state index contributed by atoms with van der Waals surface area (Å²) >= 11 is 11.2. The first kappa shape index (κ1) is 16.3. The molecule has 0 aliphatic heterocycles. The van der Waals surface area contributed by atoms with E-state index in [0.717, 1.165) is 6.07 Å². The SMILES string of the molecule is O=[N+]([O-])c1cc(N(CCCl)CCCl)c(O)c([N+](=O)[O-])c1. The maximum absolute atomic E-state index is 10.8. The molecule has 0 radical (unpaired) electrons. The normalized spacial score (nSPS) is 10.3. The molecule has 1 rings (SSSR count). The van der Waals surface area contributed by atoms with Gasteiger partial charge >= 0.3 is 5.69 Å². The third-order valence-corrected chi connectivity index (χ3v) is 2.85. The standard InChI is InChI=1S/C10H11Cl2N3O5/c11-1-3-13(4-2-12)8-5-7(14(17)18)6-9(10(8)16)15(19)20/h5-6,16H,1-4H2. The summed E-state index contributed by atoms with van der Waals surface area (Å²) in [4.78, 5) is 21.4. The third kappa shape index (κ3) is 3.61. The highest BCUT2D eigenvalue weighted by atomic mass is 35.5. The molecule has 1 aromatic rings. The first-order chi connectivity index (χ1) is 9.42. The van der Waals surface area contributed by atoms with E-state index in [9.17, 15) is 25.3 Å². The maximum atomic E-state index is 10.8. The quantitative estimate of drug-likeness (QED) is 0.469. The highest BCUT2D eigenvalue weighted by Crippen LogP contribution is 2.40. The average Bonchev–Trinajstić information content (AvgIpc) is 2.38. The molecule has 20 heavy (non-hydrogen) atoms. The molecule has 110 valence electrons. The van der Waals surface area contributed by atoms with Gasteiger partial charge in [0, 0.05) is 30.9 Å². The van der Waals surface area contributed by atoms with Crippen molar-refractivity contribution >= 4 is 40.3 Å². The summed E-state index contributed by atoms with van der Waals surface area (Å²) in [5, 5.41) is 31.5. The number of nitrogens with zero attached hydrogens (tertiary/aromatic N) is 3. The summed E-state index contributed by atoms with van der Waals surface area (Å²) < 4.78 is 0. The van der Waals surface area contributed by atoms with Crippen LogP contribution in [0.1, 0.15) is 0 Å². The summed E-state index contributed by atoms with van der Waals surface area (Å²) in [5.41, 5.74) is -1.26. The number of phenolic OH excluding ortho intramolecular Hbond substituents is 1. The van der Waals surface area contributed by atoms with Crippen LogP contribution in [0.15, 0.2) is 12.1 Å². The lowest BCUT2D eigenvalue weighted by molar-refractivity contribution is -0.394. The summed E-state index contributed by atoms with van der Waals surface area (Å²) in [7, 11) is 0. The van der Waals surface area contributed by atoms with Crippen LogP contribution in [0.5, 0.6) is 5.75 Å². The van der Waals surface area contributed by atoms with Gasteiger partial charge in [0.1, 0.15) is 0 Å². The summed E-state index contributed by atoms with van der Waals surface area (Å²) in [6.45, 7) is 0.473. The highest BCUT2D eigenvalue weighted by molar-refractivity contribution is 6.18. The molecule has 0 aliphatic rings.